The molecule has 2 atom stereocenters. The van der Waals surface area contributed by atoms with Crippen LogP contribution in [0.25, 0.3) is 0 Å². The quantitative estimate of drug-likeness (QED) is 0.443. The average Bonchev–Trinajstić information content (AvgIpc) is 2.75. The van der Waals surface area contributed by atoms with Crippen molar-refractivity contribution in [2.45, 2.75) is 45.3 Å². The molecule has 0 bridgehead atoms. The highest BCUT2D eigenvalue weighted by atomic mass is 79.9. The van der Waals surface area contributed by atoms with Crippen molar-refractivity contribution in [1.82, 2.24) is 0 Å². The summed E-state index contributed by atoms with van der Waals surface area (Å²) in [5, 5.41) is 0. The van der Waals surface area contributed by atoms with E-state index in [0.29, 0.717) is 12.0 Å². The van der Waals surface area contributed by atoms with Gasteiger partial charge in [-0.05, 0) is 19.4 Å². The summed E-state index contributed by atoms with van der Waals surface area (Å²) in [4.78, 5) is 35.5. The summed E-state index contributed by atoms with van der Waals surface area (Å²) < 4.78 is 6.91. The van der Waals surface area contributed by atoms with E-state index in [4.69, 9.17) is 10.5 Å². The molecule has 7 heteroatoms. The number of ketones is 1. The summed E-state index contributed by atoms with van der Waals surface area (Å²) in [6.45, 7) is 3.68. The van der Waals surface area contributed by atoms with Crippen molar-refractivity contribution in [3.63, 3.8) is 0 Å². The summed E-state index contributed by atoms with van der Waals surface area (Å²) in [5.74, 6) is -1.25. The summed E-state index contributed by atoms with van der Waals surface area (Å²) in [6, 6.07) is 3.23. The number of ether oxygens (including phenoxy) is 1. The van der Waals surface area contributed by atoms with Gasteiger partial charge in [0.25, 0.3) is 5.91 Å². The van der Waals surface area contributed by atoms with Crippen molar-refractivity contribution >= 4 is 17.7 Å². The number of cyclic esters (lactones) is 1. The number of Topliss-reactive ketones (excluding diaryl/α,β-unsaturated/α-hetero) is 1. The third-order valence-electron chi connectivity index (χ3n) is 3.99. The summed E-state index contributed by atoms with van der Waals surface area (Å²) in [6.07, 6.45) is 5.21. The maximum absolute atomic E-state index is 12.5. The van der Waals surface area contributed by atoms with Gasteiger partial charge in [0, 0.05) is 12.5 Å². The Bertz CT molecular complexity index is 620. The lowest BCUT2D eigenvalue weighted by molar-refractivity contribution is -0.684. The second kappa shape index (κ2) is 7.68. The average molecular weight is 385 g/mol. The molecule has 2 N–H and O–H groups in total. The van der Waals surface area contributed by atoms with Crippen molar-refractivity contribution in [3.05, 3.63) is 30.1 Å². The van der Waals surface area contributed by atoms with Gasteiger partial charge in [-0.15, -0.1) is 0 Å². The zero-order valence-electron chi connectivity index (χ0n) is 13.3. The van der Waals surface area contributed by atoms with E-state index in [2.05, 4.69) is 0 Å². The largest absolute Gasteiger partial charge is 1.00 e. The highest BCUT2D eigenvalue weighted by Gasteiger charge is 2.48. The normalized spacial score (nSPS) is 23.0. The molecule has 0 radical (unpaired) electrons. The Balaban J connectivity index is 0.00000264. The van der Waals surface area contributed by atoms with Gasteiger partial charge >= 0.3 is 5.97 Å². The van der Waals surface area contributed by atoms with Crippen LogP contribution in [-0.4, -0.2) is 23.3 Å². The molecule has 1 aliphatic rings. The molecular formula is C16H21BrN2O4. The Morgan fingerprint density at radius 3 is 2.78 bits per heavy atom. The van der Waals surface area contributed by atoms with Crippen LogP contribution in [0.4, 0.5) is 0 Å². The predicted molar refractivity (Wildman–Crippen MR) is 77.7 cm³/mol. The third-order valence-corrected chi connectivity index (χ3v) is 3.99. The summed E-state index contributed by atoms with van der Waals surface area (Å²) in [5.41, 5.74) is 4.46. The first-order valence-corrected chi connectivity index (χ1v) is 7.41. The Labute approximate surface area is 145 Å². The lowest BCUT2D eigenvalue weighted by Gasteiger charge is -2.19. The molecule has 0 aliphatic carbocycles. The van der Waals surface area contributed by atoms with E-state index >= 15 is 0 Å². The van der Waals surface area contributed by atoms with Crippen molar-refractivity contribution in [1.29, 1.82) is 0 Å². The fraction of sp³-hybridized carbons (Fsp3) is 0.500. The molecule has 6 nitrogen and oxygen atoms in total. The van der Waals surface area contributed by atoms with E-state index in [-0.39, 0.29) is 41.2 Å². The summed E-state index contributed by atoms with van der Waals surface area (Å²) in [7, 11) is 0. The first-order chi connectivity index (χ1) is 10.4. The fourth-order valence-electron chi connectivity index (χ4n) is 2.74. The molecule has 2 rings (SSSR count). The number of aromatic nitrogens is 1. The number of nitrogens with zero attached hydrogens (tertiary/aromatic N) is 1. The SMILES string of the molecule is CCCC1CC(C)(C(=O)C[n+]2cccc(C(N)=O)c2)OC1=O.[Br-]. The highest BCUT2D eigenvalue weighted by molar-refractivity contribution is 5.92. The second-order valence-corrected chi connectivity index (χ2v) is 5.89. The maximum Gasteiger partial charge on any atom is 0.310 e. The molecule has 2 heterocycles. The first-order valence-electron chi connectivity index (χ1n) is 7.41. The van der Waals surface area contributed by atoms with E-state index in [1.54, 1.807) is 29.8 Å². The van der Waals surface area contributed by atoms with Crippen molar-refractivity contribution in [2.75, 3.05) is 0 Å². The van der Waals surface area contributed by atoms with Crippen LogP contribution in [0.5, 0.6) is 0 Å². The van der Waals surface area contributed by atoms with Crippen LogP contribution < -0.4 is 27.3 Å². The number of rotatable bonds is 6. The van der Waals surface area contributed by atoms with E-state index in [0.717, 1.165) is 12.8 Å². The molecule has 1 amide bonds. The van der Waals surface area contributed by atoms with E-state index < -0.39 is 11.5 Å². The van der Waals surface area contributed by atoms with Gasteiger partial charge in [0.1, 0.15) is 5.56 Å². The van der Waals surface area contributed by atoms with E-state index in [9.17, 15) is 14.4 Å². The number of amides is 1. The van der Waals surface area contributed by atoms with Crippen LogP contribution in [0, 0.1) is 5.92 Å². The van der Waals surface area contributed by atoms with Gasteiger partial charge in [0.15, 0.2) is 18.0 Å². The number of hydrogen-bond acceptors (Lipinski definition) is 4. The predicted octanol–water partition coefficient (Wildman–Crippen LogP) is -2.23. The van der Waals surface area contributed by atoms with Crippen LogP contribution in [0.1, 0.15) is 43.5 Å². The third kappa shape index (κ3) is 4.37. The molecule has 1 saturated heterocycles. The lowest BCUT2D eigenvalue weighted by atomic mass is 9.89. The number of primary amides is 1. The Morgan fingerprint density at radius 1 is 1.48 bits per heavy atom. The standard InChI is InChI=1S/C16H20N2O4.BrH/c1-3-5-11-8-16(2,22-15(11)21)13(19)10-18-7-4-6-12(9-18)14(17)20;/h4,6-7,9,11H,3,5,8,10H2,1-2H3,(H-,17,20);1H. The number of hydrogen-bond donors (Lipinski definition) is 1. The van der Waals surface area contributed by atoms with Crippen molar-refractivity contribution in [3.8, 4) is 0 Å². The first kappa shape index (κ1) is 19.3. The van der Waals surface area contributed by atoms with Crippen LogP contribution in [0.15, 0.2) is 24.5 Å². The lowest BCUT2D eigenvalue weighted by Crippen LogP contribution is -3.00. The van der Waals surface area contributed by atoms with Gasteiger partial charge in [-0.1, -0.05) is 13.3 Å². The number of nitrogens with two attached hydrogens (primary N) is 1. The van der Waals surface area contributed by atoms with Gasteiger partial charge < -0.3 is 27.5 Å². The molecular weight excluding hydrogens is 364 g/mol. The molecule has 126 valence electrons. The molecule has 0 spiro atoms. The van der Waals surface area contributed by atoms with Gasteiger partial charge in [-0.3, -0.25) is 14.4 Å². The number of esters is 1. The van der Waals surface area contributed by atoms with Crippen LogP contribution >= 0.6 is 0 Å². The molecule has 1 aliphatic heterocycles. The van der Waals surface area contributed by atoms with Gasteiger partial charge in [-0.2, -0.15) is 4.57 Å². The number of halogens is 1. The second-order valence-electron chi connectivity index (χ2n) is 5.89. The van der Waals surface area contributed by atoms with Crippen molar-refractivity contribution < 1.29 is 40.7 Å². The molecule has 0 aromatic carbocycles. The topological polar surface area (TPSA) is 90.3 Å². The number of carbonyl (C=O) groups is 3. The molecule has 1 aromatic rings. The minimum atomic E-state index is -1.09. The smallest absolute Gasteiger partial charge is 0.310 e. The van der Waals surface area contributed by atoms with E-state index in [1.165, 1.54) is 6.20 Å². The molecule has 1 aromatic heterocycles. The Hall–Kier alpha value is -1.76. The number of carbonyl (C=O) groups excluding carboxylic acids is 3. The molecule has 1 fully saturated rings. The summed E-state index contributed by atoms with van der Waals surface area (Å²) >= 11 is 0. The van der Waals surface area contributed by atoms with Crippen LogP contribution in [-0.2, 0) is 20.9 Å². The van der Waals surface area contributed by atoms with Crippen LogP contribution in [0.3, 0.4) is 0 Å². The Kier molecular flexibility index (Phi) is 6.44. The Morgan fingerprint density at radius 2 is 2.17 bits per heavy atom. The molecule has 2 unspecified atom stereocenters. The molecule has 0 saturated carbocycles. The fourth-order valence-corrected chi connectivity index (χ4v) is 2.74. The highest BCUT2D eigenvalue weighted by Crippen LogP contribution is 2.34. The minimum Gasteiger partial charge on any atom is -1.00 e. The zero-order valence-corrected chi connectivity index (χ0v) is 14.8. The number of pyridine rings is 1. The van der Waals surface area contributed by atoms with Crippen LogP contribution in [0.2, 0.25) is 0 Å². The monoisotopic (exact) mass is 384 g/mol. The van der Waals surface area contributed by atoms with Gasteiger partial charge in [-0.25, -0.2) is 0 Å². The van der Waals surface area contributed by atoms with Gasteiger partial charge in [0.05, 0.1) is 5.92 Å². The van der Waals surface area contributed by atoms with E-state index in [1.807, 2.05) is 6.92 Å². The maximum atomic E-state index is 12.5. The van der Waals surface area contributed by atoms with Gasteiger partial charge in [0.2, 0.25) is 12.3 Å². The zero-order chi connectivity index (χ0) is 16.3. The minimum absolute atomic E-state index is 0. The molecule has 23 heavy (non-hydrogen) atoms. The van der Waals surface area contributed by atoms with Crippen molar-refractivity contribution in [2.24, 2.45) is 11.7 Å².